The highest BCUT2D eigenvalue weighted by atomic mass is 32.1. The molecule has 1 heterocycles. The fourth-order valence-corrected chi connectivity index (χ4v) is 2.85. The van der Waals surface area contributed by atoms with Gasteiger partial charge < -0.3 is 15.3 Å². The highest BCUT2D eigenvalue weighted by Crippen LogP contribution is 2.28. The molecule has 6 heteroatoms. The first kappa shape index (κ1) is 14.8. The Balaban J connectivity index is 2.01. The molecule has 0 spiro atoms. The van der Waals surface area contributed by atoms with Gasteiger partial charge in [-0.1, -0.05) is 19.4 Å². The Morgan fingerprint density at radius 1 is 1.55 bits per heavy atom. The standard InChI is InChI=1S/C14H20N2O3S/c1-2-3-8-16(10-6-7-10)14(19)15-12(13(17)18)11-5-4-9-20-11/h4-5,9-10,12H,2-3,6-8H2,1H3,(H,15,19)(H,17,18). The predicted molar refractivity (Wildman–Crippen MR) is 77.9 cm³/mol. The largest absolute Gasteiger partial charge is 0.479 e. The van der Waals surface area contributed by atoms with Gasteiger partial charge >= 0.3 is 12.0 Å². The predicted octanol–water partition coefficient (Wildman–Crippen LogP) is 2.85. The molecule has 0 aromatic carbocycles. The maximum Gasteiger partial charge on any atom is 0.331 e. The van der Waals surface area contributed by atoms with E-state index in [4.69, 9.17) is 0 Å². The fourth-order valence-electron chi connectivity index (χ4n) is 2.08. The smallest absolute Gasteiger partial charge is 0.331 e. The van der Waals surface area contributed by atoms with Crippen molar-refractivity contribution in [1.82, 2.24) is 10.2 Å². The summed E-state index contributed by atoms with van der Waals surface area (Å²) in [5.74, 6) is -1.02. The molecular weight excluding hydrogens is 276 g/mol. The Labute approximate surface area is 122 Å². The third-order valence-corrected chi connectivity index (χ3v) is 4.28. The van der Waals surface area contributed by atoms with E-state index in [9.17, 15) is 14.7 Å². The van der Waals surface area contributed by atoms with Crippen molar-refractivity contribution >= 4 is 23.3 Å². The summed E-state index contributed by atoms with van der Waals surface area (Å²) in [6.45, 7) is 2.78. The first-order valence-corrected chi connectivity index (χ1v) is 7.84. The first-order valence-electron chi connectivity index (χ1n) is 6.96. The zero-order valence-corrected chi connectivity index (χ0v) is 12.4. The lowest BCUT2D eigenvalue weighted by atomic mass is 10.2. The molecule has 1 aliphatic carbocycles. The van der Waals surface area contributed by atoms with E-state index in [1.54, 1.807) is 17.0 Å². The number of hydrogen-bond donors (Lipinski definition) is 2. The number of carbonyl (C=O) groups excluding carboxylic acids is 1. The number of amides is 2. The minimum Gasteiger partial charge on any atom is -0.479 e. The van der Waals surface area contributed by atoms with Crippen molar-refractivity contribution in [2.24, 2.45) is 0 Å². The van der Waals surface area contributed by atoms with Crippen LogP contribution in [0.2, 0.25) is 0 Å². The zero-order valence-electron chi connectivity index (χ0n) is 11.5. The van der Waals surface area contributed by atoms with Crippen LogP contribution in [0.1, 0.15) is 43.5 Å². The van der Waals surface area contributed by atoms with Crippen LogP contribution in [0.4, 0.5) is 4.79 Å². The monoisotopic (exact) mass is 296 g/mol. The Bertz CT molecular complexity index is 457. The number of carbonyl (C=O) groups is 2. The van der Waals surface area contributed by atoms with Crippen molar-refractivity contribution in [1.29, 1.82) is 0 Å². The molecule has 0 saturated heterocycles. The Morgan fingerprint density at radius 2 is 2.30 bits per heavy atom. The molecule has 1 fully saturated rings. The third kappa shape index (κ3) is 3.72. The summed E-state index contributed by atoms with van der Waals surface area (Å²) in [6, 6.07) is 2.60. The molecule has 1 atom stereocenters. The average molecular weight is 296 g/mol. The van der Waals surface area contributed by atoms with Gasteiger partial charge in [0.15, 0.2) is 6.04 Å². The van der Waals surface area contributed by atoms with E-state index in [2.05, 4.69) is 12.2 Å². The Kier molecular flexibility index (Phi) is 5.00. The molecular formula is C14H20N2O3S. The van der Waals surface area contributed by atoms with Crippen LogP contribution in [0, 0.1) is 0 Å². The SMILES string of the molecule is CCCCN(C(=O)NC(C(=O)O)c1cccs1)C1CC1. The molecule has 0 bridgehead atoms. The molecule has 110 valence electrons. The summed E-state index contributed by atoms with van der Waals surface area (Å²) >= 11 is 1.34. The molecule has 1 aromatic heterocycles. The number of thiophene rings is 1. The van der Waals surface area contributed by atoms with Crippen molar-refractivity contribution in [2.45, 2.75) is 44.7 Å². The van der Waals surface area contributed by atoms with Crippen LogP contribution in [-0.4, -0.2) is 34.6 Å². The van der Waals surface area contributed by atoms with E-state index >= 15 is 0 Å². The van der Waals surface area contributed by atoms with Crippen molar-refractivity contribution in [3.8, 4) is 0 Å². The number of nitrogens with zero attached hydrogens (tertiary/aromatic N) is 1. The lowest BCUT2D eigenvalue weighted by molar-refractivity contribution is -0.139. The van der Waals surface area contributed by atoms with Crippen LogP contribution in [0.25, 0.3) is 0 Å². The molecule has 20 heavy (non-hydrogen) atoms. The second kappa shape index (κ2) is 6.74. The summed E-state index contributed by atoms with van der Waals surface area (Å²) in [4.78, 5) is 26.1. The second-order valence-electron chi connectivity index (χ2n) is 5.01. The maximum absolute atomic E-state index is 12.3. The molecule has 1 saturated carbocycles. The van der Waals surface area contributed by atoms with Gasteiger partial charge in [-0.05, 0) is 30.7 Å². The topological polar surface area (TPSA) is 69.6 Å². The zero-order chi connectivity index (χ0) is 14.5. The van der Waals surface area contributed by atoms with Crippen LogP contribution in [0.3, 0.4) is 0 Å². The summed E-state index contributed by atoms with van der Waals surface area (Å²) < 4.78 is 0. The summed E-state index contributed by atoms with van der Waals surface area (Å²) in [6.07, 6.45) is 4.01. The molecule has 2 rings (SSSR count). The average Bonchev–Trinajstić information content (AvgIpc) is 3.11. The molecule has 1 aliphatic rings. The maximum atomic E-state index is 12.3. The fraction of sp³-hybridized carbons (Fsp3) is 0.571. The van der Waals surface area contributed by atoms with E-state index in [0.717, 1.165) is 25.7 Å². The molecule has 0 radical (unpaired) electrons. The van der Waals surface area contributed by atoms with E-state index < -0.39 is 12.0 Å². The van der Waals surface area contributed by atoms with E-state index in [1.165, 1.54) is 11.3 Å². The Hall–Kier alpha value is -1.56. The van der Waals surface area contributed by atoms with Crippen LogP contribution >= 0.6 is 11.3 Å². The minimum absolute atomic E-state index is 0.262. The summed E-state index contributed by atoms with van der Waals surface area (Å²) in [5.41, 5.74) is 0. The first-order chi connectivity index (χ1) is 9.63. The number of rotatable bonds is 7. The van der Waals surface area contributed by atoms with Gasteiger partial charge in [0, 0.05) is 17.5 Å². The highest BCUT2D eigenvalue weighted by molar-refractivity contribution is 7.10. The lowest BCUT2D eigenvalue weighted by Gasteiger charge is -2.24. The van der Waals surface area contributed by atoms with E-state index in [0.29, 0.717) is 17.5 Å². The van der Waals surface area contributed by atoms with Gasteiger partial charge in [-0.15, -0.1) is 11.3 Å². The lowest BCUT2D eigenvalue weighted by Crippen LogP contribution is -2.45. The Morgan fingerprint density at radius 3 is 2.80 bits per heavy atom. The number of aliphatic carboxylic acids is 1. The quantitative estimate of drug-likeness (QED) is 0.813. The van der Waals surface area contributed by atoms with Crippen LogP contribution in [0.5, 0.6) is 0 Å². The number of unbranched alkanes of at least 4 members (excludes halogenated alkanes) is 1. The van der Waals surface area contributed by atoms with Crippen molar-refractivity contribution < 1.29 is 14.7 Å². The van der Waals surface area contributed by atoms with Gasteiger partial charge in [-0.2, -0.15) is 0 Å². The van der Waals surface area contributed by atoms with Crippen LogP contribution in [0.15, 0.2) is 17.5 Å². The minimum atomic E-state index is -1.02. The van der Waals surface area contributed by atoms with E-state index in [-0.39, 0.29) is 6.03 Å². The van der Waals surface area contributed by atoms with Gasteiger partial charge in [-0.3, -0.25) is 0 Å². The van der Waals surface area contributed by atoms with Gasteiger partial charge in [-0.25, -0.2) is 9.59 Å². The van der Waals surface area contributed by atoms with Crippen molar-refractivity contribution in [2.75, 3.05) is 6.54 Å². The number of carboxylic acid groups (broad SMARTS) is 1. The molecule has 2 N–H and O–H groups in total. The number of carboxylic acids is 1. The van der Waals surface area contributed by atoms with Crippen molar-refractivity contribution in [3.05, 3.63) is 22.4 Å². The molecule has 1 unspecified atom stereocenters. The number of urea groups is 1. The number of hydrogen-bond acceptors (Lipinski definition) is 3. The molecule has 5 nitrogen and oxygen atoms in total. The second-order valence-corrected chi connectivity index (χ2v) is 5.99. The molecule has 0 aliphatic heterocycles. The highest BCUT2D eigenvalue weighted by Gasteiger charge is 2.34. The normalized spacial score (nSPS) is 15.7. The molecule has 1 aromatic rings. The van der Waals surface area contributed by atoms with Crippen LogP contribution in [-0.2, 0) is 4.79 Å². The van der Waals surface area contributed by atoms with Crippen molar-refractivity contribution in [3.63, 3.8) is 0 Å². The third-order valence-electron chi connectivity index (χ3n) is 3.34. The van der Waals surface area contributed by atoms with E-state index in [1.807, 2.05) is 5.38 Å². The van der Waals surface area contributed by atoms with Crippen LogP contribution < -0.4 is 5.32 Å². The number of nitrogens with one attached hydrogen (secondary N) is 1. The van der Waals surface area contributed by atoms with Gasteiger partial charge in [0.2, 0.25) is 0 Å². The summed E-state index contributed by atoms with van der Waals surface area (Å²) in [5, 5.41) is 13.7. The van der Waals surface area contributed by atoms with Gasteiger partial charge in [0.1, 0.15) is 0 Å². The summed E-state index contributed by atoms with van der Waals surface area (Å²) in [7, 11) is 0. The molecule has 2 amide bonds. The van der Waals surface area contributed by atoms with Gasteiger partial charge in [0.05, 0.1) is 0 Å². The van der Waals surface area contributed by atoms with Gasteiger partial charge in [0.25, 0.3) is 0 Å².